The molecule has 0 fully saturated rings. The van der Waals surface area contributed by atoms with E-state index in [2.05, 4.69) is 5.32 Å². The number of benzene rings is 1. The van der Waals surface area contributed by atoms with Crippen molar-refractivity contribution >= 4 is 48.8 Å². The van der Waals surface area contributed by atoms with E-state index in [9.17, 15) is 13.2 Å². The fourth-order valence-corrected chi connectivity index (χ4v) is 4.72. The van der Waals surface area contributed by atoms with Gasteiger partial charge in [0.15, 0.2) is 9.84 Å². The fraction of sp³-hybridized carbons (Fsp3) is 0.154. The Labute approximate surface area is 125 Å². The maximum Gasteiger partial charge on any atom is 0.263 e. The Morgan fingerprint density at radius 2 is 2.10 bits per heavy atom. The highest BCUT2D eigenvalue weighted by Crippen LogP contribution is 2.35. The van der Waals surface area contributed by atoms with Gasteiger partial charge in [-0.3, -0.25) is 4.79 Å². The molecule has 0 aliphatic carbocycles. The van der Waals surface area contributed by atoms with Crippen LogP contribution in [-0.2, 0) is 9.84 Å². The topological polar surface area (TPSA) is 63.2 Å². The Morgan fingerprint density at radius 1 is 1.35 bits per heavy atom. The summed E-state index contributed by atoms with van der Waals surface area (Å²) < 4.78 is 23.5. The highest BCUT2D eigenvalue weighted by molar-refractivity contribution is 7.94. The molecule has 2 aromatic rings. The van der Waals surface area contributed by atoms with Gasteiger partial charge in [-0.15, -0.1) is 11.3 Å². The smallest absolute Gasteiger partial charge is 0.263 e. The highest BCUT2D eigenvalue weighted by Gasteiger charge is 2.25. The summed E-state index contributed by atoms with van der Waals surface area (Å²) in [6, 6.07) is 6.99. The summed E-state index contributed by atoms with van der Waals surface area (Å²) in [6.07, 6.45) is 1.48. The lowest BCUT2D eigenvalue weighted by Crippen LogP contribution is -2.35. The lowest BCUT2D eigenvalue weighted by Gasteiger charge is -2.08. The van der Waals surface area contributed by atoms with Gasteiger partial charge in [0.2, 0.25) is 0 Å². The number of fused-ring (bicyclic) bond motifs is 1. The molecular weight excluding hydrogens is 318 g/mol. The first-order chi connectivity index (χ1) is 9.46. The maximum absolute atomic E-state index is 12.2. The number of hydrogen-bond donors (Lipinski definition) is 1. The number of rotatable bonds is 2. The number of hydrogen-bond acceptors (Lipinski definition) is 4. The third-order valence-corrected chi connectivity index (χ3v) is 6.06. The molecule has 1 aromatic carbocycles. The van der Waals surface area contributed by atoms with Crippen LogP contribution in [0.5, 0.6) is 0 Å². The molecule has 1 aliphatic heterocycles. The molecule has 4 nitrogen and oxygen atoms in total. The molecule has 3 rings (SSSR count). The number of halogens is 1. The van der Waals surface area contributed by atoms with E-state index in [1.165, 1.54) is 17.4 Å². The van der Waals surface area contributed by atoms with Gasteiger partial charge < -0.3 is 5.32 Å². The van der Waals surface area contributed by atoms with Crippen LogP contribution in [0.15, 0.2) is 35.7 Å². The van der Waals surface area contributed by atoms with Crippen LogP contribution in [-0.4, -0.2) is 26.1 Å². The average Bonchev–Trinajstić information content (AvgIpc) is 2.91. The third kappa shape index (κ3) is 2.46. The molecule has 1 atom stereocenters. The minimum absolute atomic E-state index is 0.0960. The van der Waals surface area contributed by atoms with Gasteiger partial charge >= 0.3 is 0 Å². The zero-order valence-electron chi connectivity index (χ0n) is 10.2. The third-order valence-electron chi connectivity index (χ3n) is 2.99. The number of thiophene rings is 1. The molecule has 0 unspecified atom stereocenters. The molecular formula is C13H10ClNO3S2. The van der Waals surface area contributed by atoms with E-state index < -0.39 is 15.9 Å². The van der Waals surface area contributed by atoms with Gasteiger partial charge in [0.1, 0.15) is 4.88 Å². The monoisotopic (exact) mass is 327 g/mol. The molecule has 104 valence electrons. The second kappa shape index (κ2) is 4.87. The van der Waals surface area contributed by atoms with E-state index in [1.54, 1.807) is 0 Å². The van der Waals surface area contributed by atoms with Crippen molar-refractivity contribution < 1.29 is 13.2 Å². The van der Waals surface area contributed by atoms with Crippen molar-refractivity contribution in [3.05, 3.63) is 45.6 Å². The van der Waals surface area contributed by atoms with Gasteiger partial charge in [-0.25, -0.2) is 8.42 Å². The Balaban J connectivity index is 1.87. The standard InChI is InChI=1S/C13H10ClNO3S2/c14-11-9-3-1-2-4-10(9)19-12(11)13(16)15-8-5-6-20(17,18)7-8/h1-6,8H,7H2,(H,15,16)/t8-/m0/s1. The van der Waals surface area contributed by atoms with Crippen LogP contribution < -0.4 is 5.32 Å². The van der Waals surface area contributed by atoms with Crippen molar-refractivity contribution in [2.75, 3.05) is 5.75 Å². The van der Waals surface area contributed by atoms with Crippen molar-refractivity contribution in [3.8, 4) is 0 Å². The van der Waals surface area contributed by atoms with Gasteiger partial charge in [0.25, 0.3) is 5.91 Å². The van der Waals surface area contributed by atoms with Crippen LogP contribution in [0.1, 0.15) is 9.67 Å². The maximum atomic E-state index is 12.2. The molecule has 1 amide bonds. The molecule has 1 N–H and O–H groups in total. The van der Waals surface area contributed by atoms with E-state index in [1.807, 2.05) is 24.3 Å². The molecule has 1 aromatic heterocycles. The molecule has 1 aliphatic rings. The molecule has 0 spiro atoms. The Morgan fingerprint density at radius 3 is 2.75 bits per heavy atom. The largest absolute Gasteiger partial charge is 0.344 e. The normalized spacial score (nSPS) is 20.4. The number of nitrogens with one attached hydrogen (secondary N) is 1. The van der Waals surface area contributed by atoms with E-state index in [-0.39, 0.29) is 11.7 Å². The van der Waals surface area contributed by atoms with Crippen molar-refractivity contribution in [1.82, 2.24) is 5.32 Å². The Hall–Kier alpha value is -1.37. The van der Waals surface area contributed by atoms with Gasteiger partial charge in [0.05, 0.1) is 16.8 Å². The molecule has 0 saturated heterocycles. The lowest BCUT2D eigenvalue weighted by molar-refractivity contribution is 0.0952. The zero-order chi connectivity index (χ0) is 14.3. The van der Waals surface area contributed by atoms with Crippen LogP contribution in [0, 0.1) is 0 Å². The fourth-order valence-electron chi connectivity index (χ4n) is 2.06. The van der Waals surface area contributed by atoms with Gasteiger partial charge in [-0.2, -0.15) is 0 Å². The van der Waals surface area contributed by atoms with Gasteiger partial charge in [-0.05, 0) is 12.1 Å². The number of sulfone groups is 1. The summed E-state index contributed by atoms with van der Waals surface area (Å²) in [4.78, 5) is 12.6. The van der Waals surface area contributed by atoms with Crippen LogP contribution in [0.3, 0.4) is 0 Å². The minimum atomic E-state index is -3.18. The number of carbonyl (C=O) groups is 1. The molecule has 0 radical (unpaired) electrons. The lowest BCUT2D eigenvalue weighted by atomic mass is 10.2. The molecule has 0 bridgehead atoms. The Kier molecular flexibility index (Phi) is 3.32. The molecule has 0 saturated carbocycles. The van der Waals surface area contributed by atoms with Gasteiger partial charge in [0, 0.05) is 15.5 Å². The van der Waals surface area contributed by atoms with E-state index in [4.69, 9.17) is 11.6 Å². The summed E-state index contributed by atoms with van der Waals surface area (Å²) in [7, 11) is -3.18. The predicted octanol–water partition coefficient (Wildman–Crippen LogP) is 2.60. The summed E-state index contributed by atoms with van der Waals surface area (Å²) in [6.45, 7) is 0. The SMILES string of the molecule is O=C(N[C@H]1C=CS(=O)(=O)C1)c1sc2ccccc2c1Cl. The first kappa shape index (κ1) is 13.6. The van der Waals surface area contributed by atoms with Crippen molar-refractivity contribution in [1.29, 1.82) is 0 Å². The zero-order valence-corrected chi connectivity index (χ0v) is 12.6. The summed E-state index contributed by atoms with van der Waals surface area (Å²) >= 11 is 7.50. The quantitative estimate of drug-likeness (QED) is 0.922. The molecule has 7 heteroatoms. The number of carbonyl (C=O) groups excluding carboxylic acids is 1. The van der Waals surface area contributed by atoms with Crippen molar-refractivity contribution in [2.24, 2.45) is 0 Å². The summed E-state index contributed by atoms with van der Waals surface area (Å²) in [5.74, 6) is -0.440. The van der Waals surface area contributed by atoms with E-state index in [0.717, 1.165) is 15.5 Å². The summed E-state index contributed by atoms with van der Waals surface area (Å²) in [5, 5.41) is 5.05. The Bertz CT molecular complexity index is 823. The molecule has 20 heavy (non-hydrogen) atoms. The number of amides is 1. The van der Waals surface area contributed by atoms with E-state index in [0.29, 0.717) is 9.90 Å². The van der Waals surface area contributed by atoms with Crippen molar-refractivity contribution in [2.45, 2.75) is 6.04 Å². The predicted molar refractivity (Wildman–Crippen MR) is 81.0 cm³/mol. The van der Waals surface area contributed by atoms with Gasteiger partial charge in [-0.1, -0.05) is 29.8 Å². The van der Waals surface area contributed by atoms with Crippen LogP contribution in [0.25, 0.3) is 10.1 Å². The average molecular weight is 328 g/mol. The second-order valence-corrected chi connectivity index (χ2v) is 7.84. The second-order valence-electron chi connectivity index (χ2n) is 4.48. The molecule has 2 heterocycles. The van der Waals surface area contributed by atoms with Crippen LogP contribution in [0.4, 0.5) is 0 Å². The van der Waals surface area contributed by atoms with Crippen LogP contribution in [0.2, 0.25) is 5.02 Å². The highest BCUT2D eigenvalue weighted by atomic mass is 35.5. The summed E-state index contributed by atoms with van der Waals surface area (Å²) in [5.41, 5.74) is 0. The first-order valence-corrected chi connectivity index (χ1v) is 8.76. The van der Waals surface area contributed by atoms with Crippen LogP contribution >= 0.6 is 22.9 Å². The minimum Gasteiger partial charge on any atom is -0.344 e. The first-order valence-electron chi connectivity index (χ1n) is 5.85. The van der Waals surface area contributed by atoms with Crippen molar-refractivity contribution in [3.63, 3.8) is 0 Å². The van der Waals surface area contributed by atoms with E-state index >= 15 is 0 Å².